The fraction of sp³-hybridized carbons (Fsp3) is 0.381. The van der Waals surface area contributed by atoms with Crippen molar-refractivity contribution in [2.75, 3.05) is 19.7 Å². The van der Waals surface area contributed by atoms with Gasteiger partial charge in [0.2, 0.25) is 0 Å². The molecule has 0 bridgehead atoms. The summed E-state index contributed by atoms with van der Waals surface area (Å²) in [6, 6.07) is 12.5. The van der Waals surface area contributed by atoms with Crippen LogP contribution >= 0.6 is 0 Å². The molecular formula is C21H24FNO3. The molecule has 0 aliphatic carbocycles. The Morgan fingerprint density at radius 3 is 2.77 bits per heavy atom. The van der Waals surface area contributed by atoms with E-state index in [0.29, 0.717) is 30.7 Å². The van der Waals surface area contributed by atoms with Crippen LogP contribution in [0, 0.1) is 12.7 Å². The van der Waals surface area contributed by atoms with E-state index in [1.807, 2.05) is 31.2 Å². The van der Waals surface area contributed by atoms with E-state index in [0.717, 1.165) is 11.1 Å². The van der Waals surface area contributed by atoms with E-state index in [2.05, 4.69) is 0 Å². The number of nitrogens with zero attached hydrogens (tertiary/aromatic N) is 1. The molecule has 2 aromatic rings. The van der Waals surface area contributed by atoms with Crippen LogP contribution < -0.4 is 0 Å². The number of β-amino-alcohol motifs (C(OH)–C–C–N with tert-alkyl or cyclic N) is 1. The van der Waals surface area contributed by atoms with Gasteiger partial charge in [-0.25, -0.2) is 4.39 Å². The summed E-state index contributed by atoms with van der Waals surface area (Å²) in [6.45, 7) is 4.73. The highest BCUT2D eigenvalue weighted by Gasteiger charge is 2.35. The number of hydrogen-bond acceptors (Lipinski definition) is 3. The third kappa shape index (κ3) is 3.94. The standard InChI is InChI=1S/C21H24FNO3/c1-3-26-20-13-23(12-19(20)24)21(25)17-7-5-4-6-16(17)10-15-9-8-14(2)18(22)11-15/h4-9,11,19-20,24H,3,10,12-13H2,1-2H3/t19-,20-/m1/s1. The summed E-state index contributed by atoms with van der Waals surface area (Å²) >= 11 is 0. The second-order valence-corrected chi connectivity index (χ2v) is 6.69. The van der Waals surface area contributed by atoms with E-state index in [1.165, 1.54) is 6.07 Å². The molecule has 2 atom stereocenters. The Morgan fingerprint density at radius 2 is 2.04 bits per heavy atom. The summed E-state index contributed by atoms with van der Waals surface area (Å²) < 4.78 is 19.3. The van der Waals surface area contributed by atoms with Crippen LogP contribution in [-0.4, -0.2) is 47.8 Å². The van der Waals surface area contributed by atoms with Crippen molar-refractivity contribution in [1.82, 2.24) is 4.90 Å². The molecule has 0 unspecified atom stereocenters. The number of carbonyl (C=O) groups excluding carboxylic acids is 1. The number of ether oxygens (including phenoxy) is 1. The molecule has 138 valence electrons. The monoisotopic (exact) mass is 357 g/mol. The predicted octanol–water partition coefficient (Wildman–Crippen LogP) is 2.95. The van der Waals surface area contributed by atoms with Crippen molar-refractivity contribution < 1.29 is 19.0 Å². The molecule has 1 aliphatic rings. The van der Waals surface area contributed by atoms with Gasteiger partial charge in [-0.1, -0.05) is 30.3 Å². The molecule has 0 spiro atoms. The first-order valence-corrected chi connectivity index (χ1v) is 8.91. The minimum atomic E-state index is -0.669. The number of hydrogen-bond donors (Lipinski definition) is 1. The van der Waals surface area contributed by atoms with E-state index in [9.17, 15) is 14.3 Å². The third-order valence-corrected chi connectivity index (χ3v) is 4.78. The molecule has 3 rings (SSSR count). The van der Waals surface area contributed by atoms with Crippen molar-refractivity contribution in [3.05, 3.63) is 70.5 Å². The number of likely N-dealkylation sites (tertiary alicyclic amines) is 1. The normalized spacial score (nSPS) is 19.8. The van der Waals surface area contributed by atoms with Crippen molar-refractivity contribution in [3.63, 3.8) is 0 Å². The molecule has 1 saturated heterocycles. The van der Waals surface area contributed by atoms with E-state index in [4.69, 9.17) is 4.74 Å². The fourth-order valence-electron chi connectivity index (χ4n) is 3.32. The quantitative estimate of drug-likeness (QED) is 0.895. The van der Waals surface area contributed by atoms with Crippen LogP contribution in [0.1, 0.15) is 34.0 Å². The number of amides is 1. The zero-order valence-electron chi connectivity index (χ0n) is 15.1. The van der Waals surface area contributed by atoms with E-state index >= 15 is 0 Å². The average molecular weight is 357 g/mol. The minimum absolute atomic E-state index is 0.130. The molecule has 26 heavy (non-hydrogen) atoms. The van der Waals surface area contributed by atoms with Gasteiger partial charge in [0.15, 0.2) is 0 Å². The third-order valence-electron chi connectivity index (χ3n) is 4.78. The van der Waals surface area contributed by atoms with E-state index in [-0.39, 0.29) is 24.4 Å². The first-order valence-electron chi connectivity index (χ1n) is 8.91. The minimum Gasteiger partial charge on any atom is -0.388 e. The van der Waals surface area contributed by atoms with Crippen molar-refractivity contribution in [2.45, 2.75) is 32.5 Å². The summed E-state index contributed by atoms with van der Waals surface area (Å²) in [5.41, 5.74) is 2.85. The van der Waals surface area contributed by atoms with Gasteiger partial charge < -0.3 is 14.7 Å². The van der Waals surface area contributed by atoms with E-state index in [1.54, 1.807) is 24.0 Å². The summed E-state index contributed by atoms with van der Waals surface area (Å²) in [5, 5.41) is 10.1. The summed E-state index contributed by atoms with van der Waals surface area (Å²) in [6.07, 6.45) is -0.538. The maximum atomic E-state index is 13.8. The lowest BCUT2D eigenvalue weighted by Gasteiger charge is -2.18. The summed E-state index contributed by atoms with van der Waals surface area (Å²) in [4.78, 5) is 14.6. The van der Waals surface area contributed by atoms with Crippen LogP contribution in [0.25, 0.3) is 0 Å². The largest absolute Gasteiger partial charge is 0.388 e. The number of aliphatic hydroxyl groups excluding tert-OH is 1. The molecule has 0 radical (unpaired) electrons. The predicted molar refractivity (Wildman–Crippen MR) is 97.7 cm³/mol. The van der Waals surface area contributed by atoms with E-state index < -0.39 is 6.10 Å². The van der Waals surface area contributed by atoms with Crippen molar-refractivity contribution in [3.8, 4) is 0 Å². The number of halogens is 1. The average Bonchev–Trinajstić information content (AvgIpc) is 2.99. The molecule has 1 aliphatic heterocycles. The Labute approximate surface area is 153 Å². The molecule has 1 fully saturated rings. The van der Waals surface area contributed by atoms with Gasteiger partial charge in [0.25, 0.3) is 5.91 Å². The van der Waals surface area contributed by atoms with Gasteiger partial charge in [0.1, 0.15) is 11.9 Å². The molecule has 1 heterocycles. The van der Waals surface area contributed by atoms with Gasteiger partial charge in [-0.15, -0.1) is 0 Å². The van der Waals surface area contributed by atoms with Crippen molar-refractivity contribution in [1.29, 1.82) is 0 Å². The second kappa shape index (κ2) is 7.98. The molecular weight excluding hydrogens is 333 g/mol. The SMILES string of the molecule is CCO[C@@H]1CN(C(=O)c2ccccc2Cc2ccc(C)c(F)c2)C[C@H]1O. The summed E-state index contributed by atoms with van der Waals surface area (Å²) in [7, 11) is 0. The number of aryl methyl sites for hydroxylation is 1. The molecule has 1 amide bonds. The van der Waals surface area contributed by atoms with Crippen LogP contribution in [0.2, 0.25) is 0 Å². The lowest BCUT2D eigenvalue weighted by Crippen LogP contribution is -2.31. The fourth-order valence-corrected chi connectivity index (χ4v) is 3.32. The lowest BCUT2D eigenvalue weighted by molar-refractivity contribution is -0.00237. The Kier molecular flexibility index (Phi) is 5.69. The molecule has 0 aromatic heterocycles. The summed E-state index contributed by atoms with van der Waals surface area (Å²) in [5.74, 6) is -0.372. The highest BCUT2D eigenvalue weighted by Crippen LogP contribution is 2.21. The maximum Gasteiger partial charge on any atom is 0.254 e. The Hall–Kier alpha value is -2.24. The highest BCUT2D eigenvalue weighted by molar-refractivity contribution is 5.96. The Bertz CT molecular complexity index is 793. The van der Waals surface area contributed by atoms with Crippen LogP contribution in [0.15, 0.2) is 42.5 Å². The van der Waals surface area contributed by atoms with Crippen LogP contribution in [-0.2, 0) is 11.2 Å². The Morgan fingerprint density at radius 1 is 1.27 bits per heavy atom. The molecule has 0 saturated carbocycles. The highest BCUT2D eigenvalue weighted by atomic mass is 19.1. The first kappa shape index (κ1) is 18.5. The zero-order chi connectivity index (χ0) is 18.7. The number of aliphatic hydroxyl groups is 1. The van der Waals surface area contributed by atoms with Gasteiger partial charge in [0, 0.05) is 25.3 Å². The topological polar surface area (TPSA) is 49.8 Å². The van der Waals surface area contributed by atoms with Crippen LogP contribution in [0.3, 0.4) is 0 Å². The molecule has 2 aromatic carbocycles. The van der Waals surface area contributed by atoms with Gasteiger partial charge in [0.05, 0.1) is 6.10 Å². The molecule has 5 heteroatoms. The molecule has 1 N–H and O–H groups in total. The number of carbonyl (C=O) groups is 1. The smallest absolute Gasteiger partial charge is 0.254 e. The number of benzene rings is 2. The van der Waals surface area contributed by atoms with Crippen LogP contribution in [0.4, 0.5) is 4.39 Å². The lowest BCUT2D eigenvalue weighted by atomic mass is 9.98. The molecule has 4 nitrogen and oxygen atoms in total. The van der Waals surface area contributed by atoms with Crippen molar-refractivity contribution in [2.24, 2.45) is 0 Å². The number of rotatable bonds is 5. The van der Waals surface area contributed by atoms with Gasteiger partial charge in [-0.2, -0.15) is 0 Å². The van der Waals surface area contributed by atoms with Gasteiger partial charge in [-0.05, 0) is 49.1 Å². The van der Waals surface area contributed by atoms with Crippen LogP contribution in [0.5, 0.6) is 0 Å². The van der Waals surface area contributed by atoms with Gasteiger partial charge >= 0.3 is 0 Å². The zero-order valence-corrected chi connectivity index (χ0v) is 15.1. The maximum absolute atomic E-state index is 13.8. The van der Waals surface area contributed by atoms with Crippen molar-refractivity contribution >= 4 is 5.91 Å². The second-order valence-electron chi connectivity index (χ2n) is 6.69. The Balaban J connectivity index is 1.80. The van der Waals surface area contributed by atoms with Gasteiger partial charge in [-0.3, -0.25) is 4.79 Å². The first-order chi connectivity index (χ1) is 12.5.